The van der Waals surface area contributed by atoms with Crippen LogP contribution >= 0.6 is 0 Å². The Hall–Kier alpha value is -2.89. The molecule has 0 atom stereocenters. The molecule has 0 aliphatic carbocycles. The monoisotopic (exact) mass is 359 g/mol. The molecule has 1 amide bonds. The second-order valence-corrected chi connectivity index (χ2v) is 6.42. The van der Waals surface area contributed by atoms with Crippen LogP contribution in [0.4, 0.5) is 4.39 Å². The Bertz CT molecular complexity index is 769. The molecular weight excluding hydrogens is 337 g/mol. The molecule has 6 heteroatoms. The first-order valence-corrected chi connectivity index (χ1v) is 8.10. The van der Waals surface area contributed by atoms with Gasteiger partial charge < -0.3 is 14.4 Å². The SMILES string of the molecule is COC(=O)c1ccc(CN(C)C(=O)C(C)(C)Oc2ccc(F)cc2)cc1. The van der Waals surface area contributed by atoms with Crippen molar-refractivity contribution in [3.8, 4) is 5.75 Å². The van der Waals surface area contributed by atoms with E-state index in [4.69, 9.17) is 4.74 Å². The summed E-state index contributed by atoms with van der Waals surface area (Å²) in [6.45, 7) is 3.68. The molecule has 0 heterocycles. The van der Waals surface area contributed by atoms with E-state index in [2.05, 4.69) is 4.74 Å². The molecule has 0 aliphatic rings. The predicted molar refractivity (Wildman–Crippen MR) is 95.4 cm³/mol. The van der Waals surface area contributed by atoms with Crippen LogP contribution in [0.3, 0.4) is 0 Å². The summed E-state index contributed by atoms with van der Waals surface area (Å²) in [6.07, 6.45) is 0. The van der Waals surface area contributed by atoms with Crippen molar-refractivity contribution in [1.82, 2.24) is 4.90 Å². The van der Waals surface area contributed by atoms with Gasteiger partial charge in [0.2, 0.25) is 0 Å². The zero-order chi connectivity index (χ0) is 19.3. The van der Waals surface area contributed by atoms with Gasteiger partial charge in [0.25, 0.3) is 5.91 Å². The Kier molecular flexibility index (Phi) is 5.97. The van der Waals surface area contributed by atoms with E-state index in [-0.39, 0.29) is 11.7 Å². The normalized spacial score (nSPS) is 11.0. The van der Waals surface area contributed by atoms with E-state index in [1.165, 1.54) is 36.3 Å². The van der Waals surface area contributed by atoms with E-state index in [1.54, 1.807) is 45.2 Å². The number of hydrogen-bond donors (Lipinski definition) is 0. The van der Waals surface area contributed by atoms with Gasteiger partial charge >= 0.3 is 5.97 Å². The van der Waals surface area contributed by atoms with Crippen LogP contribution in [0.15, 0.2) is 48.5 Å². The highest BCUT2D eigenvalue weighted by Crippen LogP contribution is 2.21. The summed E-state index contributed by atoms with van der Waals surface area (Å²) in [5.74, 6) is -0.580. The lowest BCUT2D eigenvalue weighted by molar-refractivity contribution is -0.144. The number of carbonyl (C=O) groups is 2. The van der Waals surface area contributed by atoms with E-state index in [0.29, 0.717) is 17.9 Å². The van der Waals surface area contributed by atoms with Gasteiger partial charge in [0, 0.05) is 13.6 Å². The number of rotatable bonds is 6. The molecule has 5 nitrogen and oxygen atoms in total. The summed E-state index contributed by atoms with van der Waals surface area (Å²) in [7, 11) is 3.00. The number of halogens is 1. The van der Waals surface area contributed by atoms with Crippen LogP contribution in [-0.4, -0.2) is 36.5 Å². The van der Waals surface area contributed by atoms with Crippen molar-refractivity contribution in [3.05, 3.63) is 65.5 Å². The van der Waals surface area contributed by atoms with E-state index < -0.39 is 11.6 Å². The largest absolute Gasteiger partial charge is 0.478 e. The summed E-state index contributed by atoms with van der Waals surface area (Å²) in [5, 5.41) is 0. The molecule has 0 N–H and O–H groups in total. The standard InChI is InChI=1S/C20H22FNO4/c1-20(2,26-17-11-9-16(21)10-12-17)19(24)22(3)13-14-5-7-15(8-6-14)18(23)25-4/h5-12H,13H2,1-4H3. The van der Waals surface area contributed by atoms with Crippen LogP contribution in [0.2, 0.25) is 0 Å². The van der Waals surface area contributed by atoms with Gasteiger partial charge in [-0.3, -0.25) is 4.79 Å². The Morgan fingerprint density at radius 3 is 2.15 bits per heavy atom. The average molecular weight is 359 g/mol. The number of carbonyl (C=O) groups excluding carboxylic acids is 2. The molecule has 138 valence electrons. The maximum Gasteiger partial charge on any atom is 0.337 e. The van der Waals surface area contributed by atoms with Gasteiger partial charge in [-0.1, -0.05) is 12.1 Å². The van der Waals surface area contributed by atoms with Gasteiger partial charge in [-0.05, 0) is 55.8 Å². The van der Waals surface area contributed by atoms with Gasteiger partial charge in [-0.25, -0.2) is 9.18 Å². The molecule has 0 saturated heterocycles. The topological polar surface area (TPSA) is 55.8 Å². The van der Waals surface area contributed by atoms with Crippen LogP contribution in [0.1, 0.15) is 29.8 Å². The van der Waals surface area contributed by atoms with Crippen molar-refractivity contribution in [2.75, 3.05) is 14.2 Å². The minimum atomic E-state index is -1.11. The second kappa shape index (κ2) is 7.99. The molecule has 0 spiro atoms. The van der Waals surface area contributed by atoms with Gasteiger partial charge in [-0.2, -0.15) is 0 Å². The van der Waals surface area contributed by atoms with Crippen molar-refractivity contribution in [2.45, 2.75) is 26.0 Å². The summed E-state index contributed by atoms with van der Waals surface area (Å²) in [5.41, 5.74) is 0.203. The van der Waals surface area contributed by atoms with Gasteiger partial charge in [-0.15, -0.1) is 0 Å². The van der Waals surface area contributed by atoms with E-state index in [1.807, 2.05) is 0 Å². The maximum absolute atomic E-state index is 13.0. The lowest BCUT2D eigenvalue weighted by Crippen LogP contribution is -2.47. The lowest BCUT2D eigenvalue weighted by Gasteiger charge is -2.30. The third kappa shape index (κ3) is 4.81. The predicted octanol–water partition coefficient (Wildman–Crippen LogP) is 3.43. The lowest BCUT2D eigenvalue weighted by atomic mass is 10.1. The minimum Gasteiger partial charge on any atom is -0.478 e. The molecule has 26 heavy (non-hydrogen) atoms. The zero-order valence-electron chi connectivity index (χ0n) is 15.3. The van der Waals surface area contributed by atoms with E-state index in [9.17, 15) is 14.0 Å². The van der Waals surface area contributed by atoms with Gasteiger partial charge in [0.05, 0.1) is 12.7 Å². The summed E-state index contributed by atoms with van der Waals surface area (Å²) in [6, 6.07) is 12.4. The summed E-state index contributed by atoms with van der Waals surface area (Å²) < 4.78 is 23.4. The number of benzene rings is 2. The molecule has 0 fully saturated rings. The van der Waals surface area contributed by atoms with Crippen molar-refractivity contribution < 1.29 is 23.5 Å². The van der Waals surface area contributed by atoms with Crippen LogP contribution in [0, 0.1) is 5.82 Å². The highest BCUT2D eigenvalue weighted by Gasteiger charge is 2.32. The molecule has 0 saturated carbocycles. The van der Waals surface area contributed by atoms with Gasteiger partial charge in [0.1, 0.15) is 11.6 Å². The quantitative estimate of drug-likeness (QED) is 0.742. The van der Waals surface area contributed by atoms with Crippen molar-refractivity contribution in [2.24, 2.45) is 0 Å². The van der Waals surface area contributed by atoms with Crippen LogP contribution in [0.5, 0.6) is 5.75 Å². The molecule has 0 bridgehead atoms. The van der Waals surface area contributed by atoms with Crippen LogP contribution < -0.4 is 4.74 Å². The molecule has 0 aliphatic heterocycles. The number of ether oxygens (including phenoxy) is 2. The smallest absolute Gasteiger partial charge is 0.337 e. The fourth-order valence-corrected chi connectivity index (χ4v) is 2.51. The molecule has 2 aromatic carbocycles. The molecule has 0 unspecified atom stereocenters. The fraction of sp³-hybridized carbons (Fsp3) is 0.300. The number of amides is 1. The van der Waals surface area contributed by atoms with E-state index >= 15 is 0 Å². The third-order valence-electron chi connectivity index (χ3n) is 3.84. The van der Waals surface area contributed by atoms with Crippen molar-refractivity contribution in [3.63, 3.8) is 0 Å². The Morgan fingerprint density at radius 1 is 1.04 bits per heavy atom. The summed E-state index contributed by atoms with van der Waals surface area (Å²) >= 11 is 0. The van der Waals surface area contributed by atoms with Crippen LogP contribution in [-0.2, 0) is 16.1 Å². The molecule has 0 aromatic heterocycles. The van der Waals surface area contributed by atoms with E-state index in [0.717, 1.165) is 5.56 Å². The fourth-order valence-electron chi connectivity index (χ4n) is 2.51. The first kappa shape index (κ1) is 19.4. The van der Waals surface area contributed by atoms with Crippen molar-refractivity contribution >= 4 is 11.9 Å². The second-order valence-electron chi connectivity index (χ2n) is 6.42. The average Bonchev–Trinajstić information content (AvgIpc) is 2.62. The first-order valence-electron chi connectivity index (χ1n) is 8.10. The summed E-state index contributed by atoms with van der Waals surface area (Å²) in [4.78, 5) is 25.7. The highest BCUT2D eigenvalue weighted by molar-refractivity contribution is 5.89. The number of likely N-dealkylation sites (N-methyl/N-ethyl adjacent to an activating group) is 1. The molecular formula is C20H22FNO4. The molecule has 2 rings (SSSR count). The zero-order valence-corrected chi connectivity index (χ0v) is 15.3. The van der Waals surface area contributed by atoms with Gasteiger partial charge in [0.15, 0.2) is 5.60 Å². The Labute approximate surface area is 152 Å². The number of esters is 1. The maximum atomic E-state index is 13.0. The first-order chi connectivity index (χ1) is 12.2. The molecule has 2 aromatic rings. The van der Waals surface area contributed by atoms with Crippen molar-refractivity contribution in [1.29, 1.82) is 0 Å². The third-order valence-corrected chi connectivity index (χ3v) is 3.84. The Morgan fingerprint density at radius 2 is 1.62 bits per heavy atom. The number of methoxy groups -OCH3 is 1. The Balaban J connectivity index is 2.03. The highest BCUT2D eigenvalue weighted by atomic mass is 19.1. The molecule has 0 radical (unpaired) electrons. The number of nitrogens with zero attached hydrogens (tertiary/aromatic N) is 1. The minimum absolute atomic E-state index is 0.223. The number of hydrogen-bond acceptors (Lipinski definition) is 4. The van der Waals surface area contributed by atoms with Crippen LogP contribution in [0.25, 0.3) is 0 Å².